The van der Waals surface area contributed by atoms with Gasteiger partial charge in [0.1, 0.15) is 0 Å². The van der Waals surface area contributed by atoms with Crippen LogP contribution >= 0.6 is 22.9 Å². The second-order valence-corrected chi connectivity index (χ2v) is 7.80. The number of benzene rings is 2. The van der Waals surface area contributed by atoms with E-state index in [-0.39, 0.29) is 11.9 Å². The minimum Gasteiger partial charge on any atom is -0.327 e. The third kappa shape index (κ3) is 3.10. The molecule has 0 spiro atoms. The summed E-state index contributed by atoms with van der Waals surface area (Å²) < 4.78 is 0. The van der Waals surface area contributed by atoms with E-state index in [2.05, 4.69) is 42.6 Å². The number of carbonyl (C=O) groups excluding carboxylic acids is 1. The zero-order chi connectivity index (χ0) is 17.4. The number of halogens is 1. The van der Waals surface area contributed by atoms with Gasteiger partial charge < -0.3 is 4.90 Å². The summed E-state index contributed by atoms with van der Waals surface area (Å²) in [5, 5.41) is 2.77. The molecule has 3 aromatic rings. The predicted octanol–water partition coefficient (Wildman–Crippen LogP) is 5.50. The van der Waals surface area contributed by atoms with Gasteiger partial charge in [0, 0.05) is 22.0 Å². The molecule has 0 radical (unpaired) electrons. The highest BCUT2D eigenvalue weighted by Gasteiger charge is 2.33. The predicted molar refractivity (Wildman–Crippen MR) is 104 cm³/mol. The molecule has 25 heavy (non-hydrogen) atoms. The van der Waals surface area contributed by atoms with E-state index in [1.165, 1.54) is 16.0 Å². The van der Waals surface area contributed by atoms with Crippen molar-refractivity contribution < 1.29 is 4.79 Å². The molecule has 1 aliphatic heterocycles. The van der Waals surface area contributed by atoms with Crippen LogP contribution in [0.1, 0.15) is 38.0 Å². The number of carbonyl (C=O) groups is 1. The van der Waals surface area contributed by atoms with Crippen LogP contribution in [0.5, 0.6) is 0 Å². The zero-order valence-corrected chi connectivity index (χ0v) is 15.5. The molecular weight excluding hydrogens is 350 g/mol. The number of amides is 1. The number of nitrogens with zero attached hydrogens (tertiary/aromatic N) is 1. The summed E-state index contributed by atoms with van der Waals surface area (Å²) in [6.07, 6.45) is 0.911. The van der Waals surface area contributed by atoms with Gasteiger partial charge in [-0.25, -0.2) is 0 Å². The van der Waals surface area contributed by atoms with Crippen molar-refractivity contribution in [1.82, 2.24) is 4.90 Å². The molecule has 126 valence electrons. The van der Waals surface area contributed by atoms with Crippen LogP contribution in [0.2, 0.25) is 5.02 Å². The Morgan fingerprint density at radius 1 is 1.08 bits per heavy atom. The lowest BCUT2D eigenvalue weighted by Crippen LogP contribution is -2.40. The van der Waals surface area contributed by atoms with Crippen LogP contribution in [-0.4, -0.2) is 17.4 Å². The maximum Gasteiger partial charge on any atom is 0.254 e. The Morgan fingerprint density at radius 3 is 2.52 bits per heavy atom. The largest absolute Gasteiger partial charge is 0.327 e. The molecule has 4 heteroatoms. The average Bonchev–Trinajstić information content (AvgIpc) is 3.10. The highest BCUT2D eigenvalue weighted by Crippen LogP contribution is 2.38. The molecule has 1 amide bonds. The maximum atomic E-state index is 13.2. The van der Waals surface area contributed by atoms with Crippen molar-refractivity contribution in [3.05, 3.63) is 92.1 Å². The van der Waals surface area contributed by atoms with Crippen molar-refractivity contribution in [1.29, 1.82) is 0 Å². The summed E-state index contributed by atoms with van der Waals surface area (Å²) in [5.74, 6) is 0.0547. The van der Waals surface area contributed by atoms with Crippen molar-refractivity contribution in [3.8, 4) is 0 Å². The van der Waals surface area contributed by atoms with Crippen LogP contribution in [0.4, 0.5) is 0 Å². The van der Waals surface area contributed by atoms with Crippen LogP contribution in [0, 0.1) is 6.92 Å². The van der Waals surface area contributed by atoms with E-state index in [0.717, 1.165) is 18.5 Å². The molecule has 1 aromatic heterocycles. The number of hydrogen-bond donors (Lipinski definition) is 0. The van der Waals surface area contributed by atoms with Crippen molar-refractivity contribution in [2.45, 2.75) is 19.4 Å². The summed E-state index contributed by atoms with van der Waals surface area (Å²) in [5.41, 5.74) is 4.32. The zero-order valence-electron chi connectivity index (χ0n) is 13.9. The average molecular weight is 368 g/mol. The summed E-state index contributed by atoms with van der Waals surface area (Å²) in [7, 11) is 0. The van der Waals surface area contributed by atoms with Gasteiger partial charge in [-0.2, -0.15) is 0 Å². The highest BCUT2D eigenvalue weighted by molar-refractivity contribution is 7.10. The lowest BCUT2D eigenvalue weighted by molar-refractivity contribution is 0.0696. The molecule has 2 heterocycles. The monoisotopic (exact) mass is 367 g/mol. The number of fused-ring (bicyclic) bond motifs is 1. The molecule has 0 bridgehead atoms. The Hall–Kier alpha value is -2.10. The van der Waals surface area contributed by atoms with E-state index in [1.807, 2.05) is 4.90 Å². The summed E-state index contributed by atoms with van der Waals surface area (Å²) >= 11 is 7.75. The molecule has 0 N–H and O–H groups in total. The van der Waals surface area contributed by atoms with Gasteiger partial charge >= 0.3 is 0 Å². The first kappa shape index (κ1) is 16.4. The number of rotatable bonds is 2. The molecule has 0 aliphatic carbocycles. The first-order valence-corrected chi connectivity index (χ1v) is 9.58. The molecular formula is C21H18ClNOS. The van der Waals surface area contributed by atoms with Crippen molar-refractivity contribution in [2.75, 3.05) is 6.54 Å². The van der Waals surface area contributed by atoms with Gasteiger partial charge in [0.15, 0.2) is 0 Å². The second kappa shape index (κ2) is 6.66. The molecule has 2 aromatic carbocycles. The Kier molecular flexibility index (Phi) is 4.36. The Bertz CT molecular complexity index is 898. The minimum absolute atomic E-state index is 0.0289. The number of thiophene rings is 1. The third-order valence-corrected chi connectivity index (χ3v) is 5.96. The van der Waals surface area contributed by atoms with Gasteiger partial charge in [-0.1, -0.05) is 41.4 Å². The topological polar surface area (TPSA) is 20.3 Å². The second-order valence-electron chi connectivity index (χ2n) is 6.37. The van der Waals surface area contributed by atoms with Gasteiger partial charge in [0.2, 0.25) is 0 Å². The van der Waals surface area contributed by atoms with Gasteiger partial charge in [0.25, 0.3) is 5.91 Å². The summed E-state index contributed by atoms with van der Waals surface area (Å²) in [6.45, 7) is 2.81. The van der Waals surface area contributed by atoms with Crippen LogP contribution in [-0.2, 0) is 6.42 Å². The molecule has 1 aliphatic rings. The van der Waals surface area contributed by atoms with E-state index in [0.29, 0.717) is 10.6 Å². The highest BCUT2D eigenvalue weighted by atomic mass is 35.5. The lowest BCUT2D eigenvalue weighted by Gasteiger charge is -2.36. The lowest BCUT2D eigenvalue weighted by atomic mass is 9.92. The van der Waals surface area contributed by atoms with E-state index in [1.54, 1.807) is 35.6 Å². The molecule has 1 unspecified atom stereocenters. The van der Waals surface area contributed by atoms with E-state index in [4.69, 9.17) is 11.6 Å². The summed E-state index contributed by atoms with van der Waals surface area (Å²) in [6, 6.07) is 17.8. The van der Waals surface area contributed by atoms with E-state index in [9.17, 15) is 4.79 Å². The first-order valence-electron chi connectivity index (χ1n) is 8.33. The fraction of sp³-hybridized carbons (Fsp3) is 0.190. The van der Waals surface area contributed by atoms with Crippen LogP contribution in [0.25, 0.3) is 0 Å². The van der Waals surface area contributed by atoms with Crippen molar-refractivity contribution in [3.63, 3.8) is 0 Å². The van der Waals surface area contributed by atoms with Crippen molar-refractivity contribution >= 4 is 28.8 Å². The smallest absolute Gasteiger partial charge is 0.254 e. The van der Waals surface area contributed by atoms with E-state index >= 15 is 0 Å². The molecule has 0 saturated heterocycles. The normalized spacial score (nSPS) is 16.6. The molecule has 2 nitrogen and oxygen atoms in total. The summed E-state index contributed by atoms with van der Waals surface area (Å²) in [4.78, 5) is 16.5. The Balaban J connectivity index is 1.76. The molecule has 1 atom stereocenters. The fourth-order valence-electron chi connectivity index (χ4n) is 3.40. The molecule has 4 rings (SSSR count). The quantitative estimate of drug-likeness (QED) is 0.585. The third-order valence-electron chi connectivity index (χ3n) is 4.71. The standard InChI is InChI=1S/C21H18ClNOS/c1-14-2-4-15(5-3-14)20-18-11-13-25-19(18)10-12-23(20)21(24)16-6-8-17(22)9-7-16/h2-9,11,13,20H,10,12H2,1H3. The Labute approximate surface area is 156 Å². The van der Waals surface area contributed by atoms with Gasteiger partial charge in [-0.05, 0) is 60.2 Å². The minimum atomic E-state index is -0.0289. The SMILES string of the molecule is Cc1ccc(C2c3ccsc3CCN2C(=O)c2ccc(Cl)cc2)cc1. The van der Waals surface area contributed by atoms with Crippen LogP contribution in [0.3, 0.4) is 0 Å². The van der Waals surface area contributed by atoms with E-state index < -0.39 is 0 Å². The van der Waals surface area contributed by atoms with Crippen molar-refractivity contribution in [2.24, 2.45) is 0 Å². The molecule has 0 fully saturated rings. The van der Waals surface area contributed by atoms with Gasteiger partial charge in [0.05, 0.1) is 6.04 Å². The van der Waals surface area contributed by atoms with Gasteiger partial charge in [-0.15, -0.1) is 11.3 Å². The van der Waals surface area contributed by atoms with Crippen LogP contribution in [0.15, 0.2) is 60.0 Å². The van der Waals surface area contributed by atoms with Crippen LogP contribution < -0.4 is 0 Å². The van der Waals surface area contributed by atoms with Gasteiger partial charge in [-0.3, -0.25) is 4.79 Å². The first-order chi connectivity index (χ1) is 12.1. The Morgan fingerprint density at radius 2 is 1.80 bits per heavy atom. The number of aryl methyl sites for hydroxylation is 1. The molecule has 0 saturated carbocycles. The maximum absolute atomic E-state index is 13.2. The fourth-order valence-corrected chi connectivity index (χ4v) is 4.43. The number of hydrogen-bond acceptors (Lipinski definition) is 2.